The molecule has 16 heavy (non-hydrogen) atoms. The maximum atomic E-state index is 11.7. The van der Waals surface area contributed by atoms with Crippen molar-refractivity contribution in [2.45, 2.75) is 19.0 Å². The third-order valence-electron chi connectivity index (χ3n) is 2.36. The quantitative estimate of drug-likeness (QED) is 0.686. The molecule has 1 heterocycles. The first-order valence-corrected chi connectivity index (χ1v) is 5.51. The van der Waals surface area contributed by atoms with Crippen molar-refractivity contribution >= 4 is 0 Å². The summed E-state index contributed by atoms with van der Waals surface area (Å²) in [4.78, 5) is 0. The van der Waals surface area contributed by atoms with Crippen LogP contribution in [-0.4, -0.2) is 45.7 Å². The standard InChI is InChI=1S/C10H18F3NO2/c11-10(12,13)8-16-4-1-3-14-6-9-2-5-15-7-9/h9,14H,1-8H2. The van der Waals surface area contributed by atoms with Crippen LogP contribution in [0.5, 0.6) is 0 Å². The summed E-state index contributed by atoms with van der Waals surface area (Å²) in [7, 11) is 0. The molecule has 1 saturated heterocycles. The number of hydrogen-bond acceptors (Lipinski definition) is 3. The smallest absolute Gasteiger partial charge is 0.381 e. The molecule has 0 aromatic carbocycles. The number of halogens is 3. The van der Waals surface area contributed by atoms with Crippen LogP contribution in [0, 0.1) is 5.92 Å². The van der Waals surface area contributed by atoms with Gasteiger partial charge in [0.2, 0.25) is 0 Å². The van der Waals surface area contributed by atoms with E-state index in [9.17, 15) is 13.2 Å². The Bertz CT molecular complexity index is 181. The molecule has 0 bridgehead atoms. The van der Waals surface area contributed by atoms with Crippen LogP contribution in [0.2, 0.25) is 0 Å². The molecule has 1 aliphatic heterocycles. The summed E-state index contributed by atoms with van der Waals surface area (Å²) in [5.74, 6) is 0.552. The van der Waals surface area contributed by atoms with Gasteiger partial charge in [-0.15, -0.1) is 0 Å². The van der Waals surface area contributed by atoms with Crippen LogP contribution in [0.1, 0.15) is 12.8 Å². The minimum Gasteiger partial charge on any atom is -0.381 e. The fraction of sp³-hybridized carbons (Fsp3) is 1.00. The van der Waals surface area contributed by atoms with Crippen molar-refractivity contribution in [1.29, 1.82) is 0 Å². The molecule has 0 spiro atoms. The van der Waals surface area contributed by atoms with Crippen molar-refractivity contribution in [3.8, 4) is 0 Å². The Labute approximate surface area is 93.3 Å². The van der Waals surface area contributed by atoms with E-state index in [-0.39, 0.29) is 6.61 Å². The Balaban J connectivity index is 1.81. The second-order valence-corrected chi connectivity index (χ2v) is 3.96. The molecule has 0 radical (unpaired) electrons. The Morgan fingerprint density at radius 1 is 1.38 bits per heavy atom. The third-order valence-corrected chi connectivity index (χ3v) is 2.36. The van der Waals surface area contributed by atoms with Gasteiger partial charge in [0.25, 0.3) is 0 Å². The van der Waals surface area contributed by atoms with Crippen molar-refractivity contribution in [2.24, 2.45) is 5.92 Å². The number of hydrogen-bond donors (Lipinski definition) is 1. The van der Waals surface area contributed by atoms with Crippen molar-refractivity contribution < 1.29 is 22.6 Å². The van der Waals surface area contributed by atoms with Crippen LogP contribution in [0.3, 0.4) is 0 Å². The van der Waals surface area contributed by atoms with Gasteiger partial charge in [0.15, 0.2) is 0 Å². The lowest BCUT2D eigenvalue weighted by Gasteiger charge is -2.10. The Morgan fingerprint density at radius 3 is 2.81 bits per heavy atom. The summed E-state index contributed by atoms with van der Waals surface area (Å²) in [6, 6.07) is 0. The van der Waals surface area contributed by atoms with Gasteiger partial charge in [-0.25, -0.2) is 0 Å². The first kappa shape index (κ1) is 13.7. The van der Waals surface area contributed by atoms with Gasteiger partial charge in [0.05, 0.1) is 6.61 Å². The lowest BCUT2D eigenvalue weighted by atomic mass is 10.1. The fourth-order valence-electron chi connectivity index (χ4n) is 1.54. The van der Waals surface area contributed by atoms with E-state index in [1.54, 1.807) is 0 Å². The molecule has 0 aromatic heterocycles. The molecule has 1 aliphatic rings. The summed E-state index contributed by atoms with van der Waals surface area (Å²) in [6.07, 6.45) is -2.55. The molecule has 3 nitrogen and oxygen atoms in total. The normalized spacial score (nSPS) is 21.6. The minimum atomic E-state index is -4.21. The number of alkyl halides is 3. The first-order chi connectivity index (χ1) is 7.58. The van der Waals surface area contributed by atoms with Crippen LogP contribution in [-0.2, 0) is 9.47 Å². The van der Waals surface area contributed by atoms with Gasteiger partial charge in [-0.3, -0.25) is 0 Å². The maximum Gasteiger partial charge on any atom is 0.411 e. The molecule has 0 aromatic rings. The summed E-state index contributed by atoms with van der Waals surface area (Å²) < 4.78 is 44.7. The largest absolute Gasteiger partial charge is 0.411 e. The molecule has 96 valence electrons. The van der Waals surface area contributed by atoms with E-state index < -0.39 is 12.8 Å². The van der Waals surface area contributed by atoms with E-state index in [4.69, 9.17) is 4.74 Å². The summed E-state index contributed by atoms with van der Waals surface area (Å²) in [6.45, 7) is 2.17. The van der Waals surface area contributed by atoms with Gasteiger partial charge in [-0.1, -0.05) is 0 Å². The van der Waals surface area contributed by atoms with Gasteiger partial charge in [-0.05, 0) is 25.3 Å². The lowest BCUT2D eigenvalue weighted by molar-refractivity contribution is -0.173. The highest BCUT2D eigenvalue weighted by Gasteiger charge is 2.27. The van der Waals surface area contributed by atoms with Gasteiger partial charge in [0.1, 0.15) is 6.61 Å². The molecule has 1 N–H and O–H groups in total. The average molecular weight is 241 g/mol. The first-order valence-electron chi connectivity index (χ1n) is 5.51. The van der Waals surface area contributed by atoms with E-state index in [0.29, 0.717) is 18.9 Å². The number of ether oxygens (including phenoxy) is 2. The molecule has 1 fully saturated rings. The van der Waals surface area contributed by atoms with Crippen molar-refractivity contribution in [1.82, 2.24) is 5.32 Å². The predicted molar refractivity (Wildman–Crippen MR) is 53.3 cm³/mol. The summed E-state index contributed by atoms with van der Waals surface area (Å²) in [5, 5.41) is 3.18. The zero-order chi connectivity index (χ0) is 11.9. The highest BCUT2D eigenvalue weighted by Crippen LogP contribution is 2.14. The second kappa shape index (κ2) is 7.09. The van der Waals surface area contributed by atoms with E-state index in [0.717, 1.165) is 26.2 Å². The van der Waals surface area contributed by atoms with Gasteiger partial charge in [0, 0.05) is 19.8 Å². The number of rotatable bonds is 7. The van der Waals surface area contributed by atoms with E-state index in [2.05, 4.69) is 10.1 Å². The molecule has 0 aliphatic carbocycles. The SMILES string of the molecule is FC(F)(F)COCCCNCC1CCOC1. The van der Waals surface area contributed by atoms with Crippen LogP contribution in [0.4, 0.5) is 13.2 Å². The summed E-state index contributed by atoms with van der Waals surface area (Å²) in [5.41, 5.74) is 0. The summed E-state index contributed by atoms with van der Waals surface area (Å²) >= 11 is 0. The molecule has 1 atom stereocenters. The third kappa shape index (κ3) is 7.03. The van der Waals surface area contributed by atoms with Crippen molar-refractivity contribution in [3.05, 3.63) is 0 Å². The lowest BCUT2D eigenvalue weighted by Crippen LogP contribution is -2.25. The van der Waals surface area contributed by atoms with Gasteiger partial charge >= 0.3 is 6.18 Å². The molecular formula is C10H18F3NO2. The van der Waals surface area contributed by atoms with E-state index >= 15 is 0 Å². The second-order valence-electron chi connectivity index (χ2n) is 3.96. The molecule has 1 unspecified atom stereocenters. The molecular weight excluding hydrogens is 223 g/mol. The molecule has 0 amide bonds. The van der Waals surface area contributed by atoms with Crippen LogP contribution in [0.25, 0.3) is 0 Å². The molecule has 1 rings (SSSR count). The zero-order valence-corrected chi connectivity index (χ0v) is 9.18. The topological polar surface area (TPSA) is 30.5 Å². The average Bonchev–Trinajstić information content (AvgIpc) is 2.67. The van der Waals surface area contributed by atoms with Crippen LogP contribution < -0.4 is 5.32 Å². The Hall–Kier alpha value is -0.330. The van der Waals surface area contributed by atoms with Gasteiger partial charge < -0.3 is 14.8 Å². The monoisotopic (exact) mass is 241 g/mol. The van der Waals surface area contributed by atoms with E-state index in [1.165, 1.54) is 0 Å². The van der Waals surface area contributed by atoms with Crippen molar-refractivity contribution in [2.75, 3.05) is 39.5 Å². The highest BCUT2D eigenvalue weighted by atomic mass is 19.4. The Morgan fingerprint density at radius 2 is 2.19 bits per heavy atom. The molecule has 6 heteroatoms. The highest BCUT2D eigenvalue weighted by molar-refractivity contribution is 4.66. The minimum absolute atomic E-state index is 0.147. The number of nitrogens with one attached hydrogen (secondary N) is 1. The van der Waals surface area contributed by atoms with Crippen LogP contribution >= 0.6 is 0 Å². The van der Waals surface area contributed by atoms with Crippen LogP contribution in [0.15, 0.2) is 0 Å². The predicted octanol–water partition coefficient (Wildman–Crippen LogP) is 1.58. The van der Waals surface area contributed by atoms with Crippen molar-refractivity contribution in [3.63, 3.8) is 0 Å². The van der Waals surface area contributed by atoms with E-state index in [1.807, 2.05) is 0 Å². The zero-order valence-electron chi connectivity index (χ0n) is 9.18. The maximum absolute atomic E-state index is 11.7. The van der Waals surface area contributed by atoms with Gasteiger partial charge in [-0.2, -0.15) is 13.2 Å². The molecule has 0 saturated carbocycles. The fourth-order valence-corrected chi connectivity index (χ4v) is 1.54. The Kier molecular flexibility index (Phi) is 6.08.